The molecule has 0 saturated carbocycles. The van der Waals surface area contributed by atoms with Crippen molar-refractivity contribution in [2.45, 2.75) is 55.9 Å². The number of benzene rings is 2. The van der Waals surface area contributed by atoms with Crippen LogP contribution >= 0.6 is 11.8 Å². The molecule has 2 heterocycles. The normalized spacial score (nSPS) is 21.5. The molecule has 1 fully saturated rings. The van der Waals surface area contributed by atoms with Crippen molar-refractivity contribution >= 4 is 17.4 Å². The molecule has 0 radical (unpaired) electrons. The van der Waals surface area contributed by atoms with Gasteiger partial charge < -0.3 is 9.64 Å². The monoisotopic (exact) mass is 417 g/mol. The molecule has 2 aliphatic rings. The number of anilines is 1. The van der Waals surface area contributed by atoms with E-state index in [2.05, 4.69) is 86.0 Å². The maximum atomic E-state index is 6.00. The van der Waals surface area contributed by atoms with Gasteiger partial charge in [-0.1, -0.05) is 48.6 Å². The third-order valence-electron chi connectivity index (χ3n) is 5.83. The third-order valence-corrected chi connectivity index (χ3v) is 7.12. The van der Waals surface area contributed by atoms with Crippen LogP contribution in [0.25, 0.3) is 0 Å². The van der Waals surface area contributed by atoms with Crippen molar-refractivity contribution in [3.8, 4) is 0 Å². The van der Waals surface area contributed by atoms with E-state index in [1.165, 1.54) is 33.7 Å². The van der Waals surface area contributed by atoms with Crippen molar-refractivity contribution in [2.75, 3.05) is 11.4 Å². The molecule has 2 atom stereocenters. The first-order chi connectivity index (χ1) is 14.6. The zero-order valence-electron chi connectivity index (χ0n) is 18.0. The van der Waals surface area contributed by atoms with Crippen LogP contribution in [0.2, 0.25) is 0 Å². The van der Waals surface area contributed by atoms with Crippen LogP contribution in [-0.4, -0.2) is 18.0 Å². The molecule has 0 N–H and O–H groups in total. The second-order valence-corrected chi connectivity index (χ2v) is 9.46. The molecule has 2 aromatic rings. The minimum absolute atomic E-state index is 0.284. The average molecular weight is 418 g/mol. The fourth-order valence-electron chi connectivity index (χ4n) is 3.90. The Labute approximate surface area is 185 Å². The first-order valence-corrected chi connectivity index (χ1v) is 11.8. The predicted molar refractivity (Wildman–Crippen MR) is 129 cm³/mol. The largest absolute Gasteiger partial charge is 0.490 e. The molecule has 0 bridgehead atoms. The Morgan fingerprint density at radius 2 is 2.00 bits per heavy atom. The van der Waals surface area contributed by atoms with E-state index in [1.807, 2.05) is 17.8 Å². The molecule has 4 rings (SSSR count). The van der Waals surface area contributed by atoms with Gasteiger partial charge in [0.1, 0.15) is 5.76 Å². The number of hydrogen-bond donors (Lipinski definition) is 0. The summed E-state index contributed by atoms with van der Waals surface area (Å²) < 4.78 is 6.00. The van der Waals surface area contributed by atoms with Gasteiger partial charge in [-0.15, -0.1) is 11.8 Å². The Kier molecular flexibility index (Phi) is 6.69. The molecule has 0 aromatic heterocycles. The smallest absolute Gasteiger partial charge is 0.122 e. The SMILES string of the molecule is C=CC1=C(/C=C\Cc2cccc(SC3CCN3c3ccc(C)cc3)c2)OC(C)CC1. The molecule has 2 unspecified atom stereocenters. The first-order valence-electron chi connectivity index (χ1n) is 10.9. The molecule has 0 aliphatic carbocycles. The number of rotatable bonds is 7. The molecule has 156 valence electrons. The van der Waals surface area contributed by atoms with Crippen molar-refractivity contribution in [1.82, 2.24) is 0 Å². The van der Waals surface area contributed by atoms with Crippen LogP contribution in [0, 0.1) is 6.92 Å². The molecule has 0 amide bonds. The fourth-order valence-corrected chi connectivity index (χ4v) is 5.17. The Morgan fingerprint density at radius 1 is 1.17 bits per heavy atom. The lowest BCUT2D eigenvalue weighted by molar-refractivity contribution is 0.117. The van der Waals surface area contributed by atoms with E-state index in [0.29, 0.717) is 5.37 Å². The van der Waals surface area contributed by atoms with Gasteiger partial charge in [0, 0.05) is 17.1 Å². The summed E-state index contributed by atoms with van der Waals surface area (Å²) in [6.45, 7) is 9.35. The van der Waals surface area contributed by atoms with E-state index in [9.17, 15) is 0 Å². The van der Waals surface area contributed by atoms with E-state index < -0.39 is 0 Å². The van der Waals surface area contributed by atoms with E-state index in [4.69, 9.17) is 4.74 Å². The van der Waals surface area contributed by atoms with E-state index in [-0.39, 0.29) is 6.10 Å². The first kappa shape index (κ1) is 20.9. The molecule has 2 nitrogen and oxygen atoms in total. The van der Waals surface area contributed by atoms with Gasteiger partial charge in [-0.3, -0.25) is 0 Å². The summed E-state index contributed by atoms with van der Waals surface area (Å²) >= 11 is 1.97. The highest BCUT2D eigenvalue weighted by molar-refractivity contribution is 8.00. The number of ether oxygens (including phenoxy) is 1. The number of hydrogen-bond acceptors (Lipinski definition) is 3. The van der Waals surface area contributed by atoms with Crippen LogP contribution in [0.4, 0.5) is 5.69 Å². The van der Waals surface area contributed by atoms with E-state index >= 15 is 0 Å². The zero-order chi connectivity index (χ0) is 20.9. The van der Waals surface area contributed by atoms with Crippen LogP contribution in [0.1, 0.15) is 37.3 Å². The maximum absolute atomic E-state index is 6.00. The molecule has 2 aromatic carbocycles. The maximum Gasteiger partial charge on any atom is 0.122 e. The van der Waals surface area contributed by atoms with Crippen LogP contribution in [0.15, 0.2) is 89.6 Å². The Bertz CT molecular complexity index is 944. The number of thioether (sulfide) groups is 1. The quantitative estimate of drug-likeness (QED) is 0.478. The summed E-state index contributed by atoms with van der Waals surface area (Å²) in [5.74, 6) is 0.984. The van der Waals surface area contributed by atoms with Crippen LogP contribution < -0.4 is 4.90 Å². The average Bonchev–Trinajstić information content (AvgIpc) is 2.73. The Hall–Kier alpha value is -2.39. The summed E-state index contributed by atoms with van der Waals surface area (Å²) in [7, 11) is 0. The van der Waals surface area contributed by atoms with Gasteiger partial charge in [0.2, 0.25) is 0 Å². The van der Waals surface area contributed by atoms with Crippen molar-refractivity contribution in [3.63, 3.8) is 0 Å². The molecule has 30 heavy (non-hydrogen) atoms. The summed E-state index contributed by atoms with van der Waals surface area (Å²) in [5, 5.41) is 0.524. The van der Waals surface area contributed by atoms with Gasteiger partial charge in [0.15, 0.2) is 0 Å². The third kappa shape index (κ3) is 5.02. The molecule has 2 aliphatic heterocycles. The van der Waals surface area contributed by atoms with Gasteiger partial charge >= 0.3 is 0 Å². The van der Waals surface area contributed by atoms with Gasteiger partial charge in [-0.25, -0.2) is 0 Å². The topological polar surface area (TPSA) is 12.5 Å². The molecule has 0 spiro atoms. The van der Waals surface area contributed by atoms with Crippen LogP contribution in [-0.2, 0) is 11.2 Å². The minimum atomic E-state index is 0.284. The lowest BCUT2D eigenvalue weighted by Gasteiger charge is -2.42. The van der Waals surface area contributed by atoms with Crippen molar-refractivity contribution in [1.29, 1.82) is 0 Å². The van der Waals surface area contributed by atoms with Gasteiger partial charge in [0.25, 0.3) is 0 Å². The highest BCUT2D eigenvalue weighted by Gasteiger charge is 2.28. The highest BCUT2D eigenvalue weighted by Crippen LogP contribution is 2.37. The van der Waals surface area contributed by atoms with Crippen LogP contribution in [0.3, 0.4) is 0 Å². The molecule has 1 saturated heterocycles. The van der Waals surface area contributed by atoms with E-state index in [1.54, 1.807) is 0 Å². The van der Waals surface area contributed by atoms with Gasteiger partial charge in [-0.05, 0) is 81.0 Å². The summed E-state index contributed by atoms with van der Waals surface area (Å²) in [5.41, 5.74) is 5.20. The number of nitrogens with zero attached hydrogens (tertiary/aromatic N) is 1. The second-order valence-electron chi connectivity index (χ2n) is 8.20. The molecular weight excluding hydrogens is 386 g/mol. The van der Waals surface area contributed by atoms with Gasteiger partial charge in [0.05, 0.1) is 11.5 Å². The molecular formula is C27H31NOS. The van der Waals surface area contributed by atoms with Crippen molar-refractivity contribution in [3.05, 3.63) is 95.8 Å². The van der Waals surface area contributed by atoms with Crippen molar-refractivity contribution < 1.29 is 4.74 Å². The predicted octanol–water partition coefficient (Wildman–Crippen LogP) is 7.06. The second kappa shape index (κ2) is 9.61. The zero-order valence-corrected chi connectivity index (χ0v) is 18.8. The fraction of sp³-hybridized carbons (Fsp3) is 0.333. The summed E-state index contributed by atoms with van der Waals surface area (Å²) in [6.07, 6.45) is 10.8. The van der Waals surface area contributed by atoms with Crippen molar-refractivity contribution in [2.24, 2.45) is 0 Å². The Balaban J connectivity index is 1.38. The highest BCUT2D eigenvalue weighted by atomic mass is 32.2. The van der Waals surface area contributed by atoms with Gasteiger partial charge in [-0.2, -0.15) is 0 Å². The lowest BCUT2D eigenvalue weighted by atomic mass is 10.0. The lowest BCUT2D eigenvalue weighted by Crippen LogP contribution is -2.45. The number of aryl methyl sites for hydroxylation is 1. The standard InChI is InChI=1S/C27H31NOS/c1-4-23-14-13-21(3)29-26(23)10-6-8-22-7-5-9-25(19-22)30-27-17-18-28(27)24-15-11-20(2)12-16-24/h4-7,9-12,15-16,19,21,27H,1,8,13-14,17-18H2,2-3H3/b10-6-. The summed E-state index contributed by atoms with van der Waals surface area (Å²) in [4.78, 5) is 3.85. The number of allylic oxidation sites excluding steroid dienone is 4. The summed E-state index contributed by atoms with van der Waals surface area (Å²) in [6, 6.07) is 17.8. The van der Waals surface area contributed by atoms with Crippen LogP contribution in [0.5, 0.6) is 0 Å². The minimum Gasteiger partial charge on any atom is -0.490 e. The molecule has 3 heteroatoms. The van der Waals surface area contributed by atoms with E-state index in [0.717, 1.165) is 31.6 Å². The Morgan fingerprint density at radius 3 is 2.73 bits per heavy atom.